The molecule has 5 rings (SSSR count). The first kappa shape index (κ1) is 22.0. The van der Waals surface area contributed by atoms with E-state index in [1.165, 1.54) is 0 Å². The summed E-state index contributed by atoms with van der Waals surface area (Å²) in [6, 6.07) is 17.4. The van der Waals surface area contributed by atoms with Gasteiger partial charge in [-0.15, -0.1) is 0 Å². The van der Waals surface area contributed by atoms with Crippen LogP contribution >= 0.6 is 11.6 Å². The van der Waals surface area contributed by atoms with Crippen molar-refractivity contribution in [3.63, 3.8) is 0 Å². The van der Waals surface area contributed by atoms with E-state index in [1.807, 2.05) is 54.6 Å². The van der Waals surface area contributed by atoms with Crippen LogP contribution in [0.3, 0.4) is 0 Å². The number of amides is 1. The smallest absolute Gasteiger partial charge is 0.272 e. The van der Waals surface area contributed by atoms with Crippen LogP contribution < -0.4 is 4.74 Å². The zero-order chi connectivity index (χ0) is 23.4. The first-order chi connectivity index (χ1) is 15.7. The fourth-order valence-corrected chi connectivity index (χ4v) is 6.29. The van der Waals surface area contributed by atoms with E-state index in [2.05, 4.69) is 25.7 Å². The molecule has 0 spiro atoms. The summed E-state index contributed by atoms with van der Waals surface area (Å²) in [6.07, 6.45) is 3.24. The quantitative estimate of drug-likeness (QED) is 0.460. The highest BCUT2D eigenvalue weighted by Crippen LogP contribution is 2.52. The maximum atomic E-state index is 14.0. The Labute approximate surface area is 200 Å². The fourth-order valence-electron chi connectivity index (χ4n) is 6.11. The Morgan fingerprint density at radius 3 is 2.64 bits per heavy atom. The highest BCUT2D eigenvalue weighted by molar-refractivity contribution is 6.30. The van der Waals surface area contributed by atoms with Crippen LogP contribution in [-0.2, 0) is 0 Å². The lowest BCUT2D eigenvalue weighted by molar-refractivity contribution is 0.0699. The van der Waals surface area contributed by atoms with Crippen LogP contribution in [0, 0.1) is 10.8 Å². The Balaban J connectivity index is 1.58. The van der Waals surface area contributed by atoms with E-state index in [0.29, 0.717) is 10.7 Å². The molecule has 2 aromatic carbocycles. The maximum absolute atomic E-state index is 14.0. The number of nitrogens with zero attached hydrogens (tertiary/aromatic N) is 3. The van der Waals surface area contributed by atoms with Crippen LogP contribution in [0.4, 0.5) is 0 Å². The molecule has 1 aliphatic heterocycles. The summed E-state index contributed by atoms with van der Waals surface area (Å²) in [7, 11) is 1.64. The van der Waals surface area contributed by atoms with Crippen molar-refractivity contribution < 1.29 is 9.53 Å². The van der Waals surface area contributed by atoms with Gasteiger partial charge in [0.15, 0.2) is 0 Å². The number of ether oxygens (including phenoxy) is 1. The third kappa shape index (κ3) is 4.15. The largest absolute Gasteiger partial charge is 0.497 e. The Bertz CT molecular complexity index is 1220. The number of carbonyl (C=O) groups is 1. The van der Waals surface area contributed by atoms with E-state index in [0.717, 1.165) is 48.5 Å². The van der Waals surface area contributed by atoms with Gasteiger partial charge in [-0.1, -0.05) is 50.6 Å². The van der Waals surface area contributed by atoms with Crippen LogP contribution in [-0.4, -0.2) is 40.3 Å². The molecule has 0 radical (unpaired) electrons. The zero-order valence-corrected chi connectivity index (χ0v) is 20.4. The molecule has 3 aromatic rings. The summed E-state index contributed by atoms with van der Waals surface area (Å²) in [5, 5.41) is 5.45. The third-order valence-corrected chi connectivity index (χ3v) is 7.26. The Kier molecular flexibility index (Phi) is 5.28. The molecule has 33 heavy (non-hydrogen) atoms. The molecule has 2 atom stereocenters. The molecular weight excluding hydrogens is 434 g/mol. The lowest BCUT2D eigenvalue weighted by Crippen LogP contribution is -2.38. The van der Waals surface area contributed by atoms with Gasteiger partial charge in [0, 0.05) is 23.2 Å². The van der Waals surface area contributed by atoms with Crippen LogP contribution in [0.1, 0.15) is 50.5 Å². The third-order valence-electron chi connectivity index (χ3n) is 7.02. The second kappa shape index (κ2) is 7.91. The summed E-state index contributed by atoms with van der Waals surface area (Å²) < 4.78 is 7.13. The number of hydrogen-bond donors (Lipinski definition) is 0. The number of methoxy groups -OCH3 is 1. The van der Waals surface area contributed by atoms with Gasteiger partial charge in [-0.3, -0.25) is 4.79 Å². The van der Waals surface area contributed by atoms with Crippen molar-refractivity contribution >= 4 is 17.5 Å². The minimum Gasteiger partial charge on any atom is -0.497 e. The minimum atomic E-state index is 0.0306. The standard InChI is InChI=1S/C27H30ClN3O2/c1-26(2)14-21-15-27(3,16-26)17-30(21)25(32)24-13-23(18-7-5-10-22(11-18)33-4)29-31(24)20-9-6-8-19(28)12-20/h5-13,21H,14-17H2,1-4H3. The first-order valence-corrected chi connectivity index (χ1v) is 11.9. The van der Waals surface area contributed by atoms with Crippen LogP contribution in [0.5, 0.6) is 5.75 Å². The van der Waals surface area contributed by atoms with Gasteiger partial charge in [0.1, 0.15) is 11.4 Å². The number of fused-ring (bicyclic) bond motifs is 2. The number of halogens is 1. The first-order valence-electron chi connectivity index (χ1n) is 11.5. The van der Waals surface area contributed by atoms with E-state index >= 15 is 0 Å². The molecule has 6 heteroatoms. The minimum absolute atomic E-state index is 0.0306. The average molecular weight is 464 g/mol. The molecule has 1 saturated carbocycles. The molecule has 2 aliphatic rings. The molecule has 0 N–H and O–H groups in total. The maximum Gasteiger partial charge on any atom is 0.272 e. The SMILES string of the molecule is COc1cccc(-c2cc(C(=O)N3CC4(C)CC3CC(C)(C)C4)n(-c3cccc(Cl)c3)n2)c1. The summed E-state index contributed by atoms with van der Waals surface area (Å²) in [5.41, 5.74) is 3.37. The average Bonchev–Trinajstić information content (AvgIpc) is 3.31. The molecule has 172 valence electrons. The lowest BCUT2D eigenvalue weighted by atomic mass is 9.65. The van der Waals surface area contributed by atoms with Crippen molar-refractivity contribution in [2.45, 2.75) is 46.1 Å². The van der Waals surface area contributed by atoms with Crippen molar-refractivity contribution in [2.75, 3.05) is 13.7 Å². The molecule has 2 unspecified atom stereocenters. The van der Waals surface area contributed by atoms with Gasteiger partial charge in [0.25, 0.3) is 5.91 Å². The number of rotatable bonds is 4. The summed E-state index contributed by atoms with van der Waals surface area (Å²) >= 11 is 6.29. The van der Waals surface area contributed by atoms with Gasteiger partial charge in [0.05, 0.1) is 18.5 Å². The van der Waals surface area contributed by atoms with Crippen LogP contribution in [0.15, 0.2) is 54.6 Å². The molecule has 1 amide bonds. The lowest BCUT2D eigenvalue weighted by Gasteiger charge is -2.39. The van der Waals surface area contributed by atoms with Crippen LogP contribution in [0.2, 0.25) is 5.02 Å². The molecule has 2 bridgehead atoms. The highest BCUT2D eigenvalue weighted by atomic mass is 35.5. The number of hydrogen-bond acceptors (Lipinski definition) is 3. The Morgan fingerprint density at radius 2 is 1.88 bits per heavy atom. The van der Waals surface area contributed by atoms with E-state index < -0.39 is 0 Å². The number of likely N-dealkylation sites (tertiary alicyclic amines) is 1. The zero-order valence-electron chi connectivity index (χ0n) is 19.6. The fraction of sp³-hybridized carbons (Fsp3) is 0.407. The van der Waals surface area contributed by atoms with Crippen molar-refractivity contribution in [1.29, 1.82) is 0 Å². The molecule has 1 aromatic heterocycles. The van der Waals surface area contributed by atoms with E-state index in [1.54, 1.807) is 11.8 Å². The molecule has 1 aliphatic carbocycles. The van der Waals surface area contributed by atoms with Gasteiger partial charge >= 0.3 is 0 Å². The summed E-state index contributed by atoms with van der Waals surface area (Å²) in [5.74, 6) is 0.782. The molecular formula is C27H30ClN3O2. The van der Waals surface area contributed by atoms with Crippen molar-refractivity contribution in [1.82, 2.24) is 14.7 Å². The van der Waals surface area contributed by atoms with Crippen molar-refractivity contribution in [2.24, 2.45) is 10.8 Å². The number of aromatic nitrogens is 2. The topological polar surface area (TPSA) is 47.4 Å². The van der Waals surface area contributed by atoms with Gasteiger partial charge in [0.2, 0.25) is 0 Å². The van der Waals surface area contributed by atoms with Gasteiger partial charge in [-0.25, -0.2) is 4.68 Å². The molecule has 5 nitrogen and oxygen atoms in total. The normalized spacial score (nSPS) is 23.5. The number of carbonyl (C=O) groups excluding carboxylic acids is 1. The predicted octanol–water partition coefficient (Wildman–Crippen LogP) is 6.24. The highest BCUT2D eigenvalue weighted by Gasteiger charge is 2.51. The monoisotopic (exact) mass is 463 g/mol. The Hall–Kier alpha value is -2.79. The summed E-state index contributed by atoms with van der Waals surface area (Å²) in [6.45, 7) is 7.75. The van der Waals surface area contributed by atoms with E-state index in [4.69, 9.17) is 21.4 Å². The van der Waals surface area contributed by atoms with E-state index in [-0.39, 0.29) is 22.8 Å². The van der Waals surface area contributed by atoms with Gasteiger partial charge in [-0.05, 0) is 66.5 Å². The van der Waals surface area contributed by atoms with Crippen LogP contribution in [0.25, 0.3) is 16.9 Å². The van der Waals surface area contributed by atoms with Crippen molar-refractivity contribution in [3.8, 4) is 22.7 Å². The number of benzene rings is 2. The van der Waals surface area contributed by atoms with Crippen molar-refractivity contribution in [3.05, 3.63) is 65.3 Å². The molecule has 1 saturated heterocycles. The molecule has 2 fully saturated rings. The van der Waals surface area contributed by atoms with E-state index in [9.17, 15) is 4.79 Å². The predicted molar refractivity (Wildman–Crippen MR) is 131 cm³/mol. The van der Waals surface area contributed by atoms with Gasteiger partial charge < -0.3 is 9.64 Å². The second-order valence-corrected chi connectivity index (χ2v) is 11.1. The Morgan fingerprint density at radius 1 is 1.09 bits per heavy atom. The van der Waals surface area contributed by atoms with Gasteiger partial charge in [-0.2, -0.15) is 5.10 Å². The second-order valence-electron chi connectivity index (χ2n) is 10.7. The molecule has 2 heterocycles. The summed E-state index contributed by atoms with van der Waals surface area (Å²) in [4.78, 5) is 16.1.